The van der Waals surface area contributed by atoms with Crippen molar-refractivity contribution in [2.75, 3.05) is 0 Å². The van der Waals surface area contributed by atoms with Crippen molar-refractivity contribution in [1.29, 1.82) is 0 Å². The largest absolute Gasteiger partial charge is 0.344 e. The molecule has 1 aromatic carbocycles. The molecule has 2 heterocycles. The molecule has 0 saturated carbocycles. The van der Waals surface area contributed by atoms with Crippen LogP contribution in [0.15, 0.2) is 47.8 Å². The van der Waals surface area contributed by atoms with E-state index < -0.39 is 23.3 Å². The summed E-state index contributed by atoms with van der Waals surface area (Å²) in [4.78, 5) is 42.8. The highest BCUT2D eigenvalue weighted by atomic mass is 32.1. The summed E-state index contributed by atoms with van der Waals surface area (Å²) in [7, 11) is 0. The number of fused-ring (bicyclic) bond motifs is 1. The fourth-order valence-electron chi connectivity index (χ4n) is 2.69. The zero-order chi connectivity index (χ0) is 21.9. The summed E-state index contributed by atoms with van der Waals surface area (Å²) in [5.74, 6) is -1.23. The number of nitrogens with zero attached hydrogens (tertiary/aromatic N) is 1. The summed E-state index contributed by atoms with van der Waals surface area (Å²) in [6.07, 6.45) is 0. The van der Waals surface area contributed by atoms with Gasteiger partial charge in [-0.2, -0.15) is 0 Å². The van der Waals surface area contributed by atoms with Crippen LogP contribution in [0.4, 0.5) is 0 Å². The quantitative estimate of drug-likeness (QED) is 0.560. The van der Waals surface area contributed by atoms with E-state index >= 15 is 0 Å². The second kappa shape index (κ2) is 8.62. The maximum absolute atomic E-state index is 12.9. The molecule has 0 radical (unpaired) electrons. The normalized spacial score (nSPS) is 12.3. The lowest BCUT2D eigenvalue weighted by molar-refractivity contribution is -0.133. The van der Waals surface area contributed by atoms with Crippen molar-refractivity contribution in [3.63, 3.8) is 0 Å². The molecule has 1 atom stereocenters. The van der Waals surface area contributed by atoms with Gasteiger partial charge in [-0.05, 0) is 30.5 Å². The third-order valence-corrected chi connectivity index (χ3v) is 5.35. The lowest BCUT2D eigenvalue weighted by Crippen LogP contribution is -2.52. The van der Waals surface area contributed by atoms with Crippen LogP contribution in [0.3, 0.4) is 0 Å². The molecule has 156 valence electrons. The molecule has 0 aliphatic heterocycles. The summed E-state index contributed by atoms with van der Waals surface area (Å²) in [5.41, 5.74) is 5.98. The molecule has 3 rings (SSSR count). The van der Waals surface area contributed by atoms with E-state index in [1.54, 1.807) is 33.8 Å². The zero-order valence-corrected chi connectivity index (χ0v) is 18.1. The molecule has 8 heteroatoms. The van der Waals surface area contributed by atoms with E-state index in [1.807, 2.05) is 41.8 Å². The number of rotatable bonds is 4. The van der Waals surface area contributed by atoms with Crippen molar-refractivity contribution >= 4 is 40.0 Å². The third kappa shape index (κ3) is 4.83. The Labute approximate surface area is 178 Å². The first-order valence-corrected chi connectivity index (χ1v) is 10.4. The molecule has 2 aromatic heterocycles. The van der Waals surface area contributed by atoms with Crippen molar-refractivity contribution in [2.45, 2.75) is 33.7 Å². The predicted octanol–water partition coefficient (Wildman–Crippen LogP) is 3.28. The summed E-state index contributed by atoms with van der Waals surface area (Å²) in [6, 6.07) is 12.1. The molecule has 0 aliphatic rings. The Morgan fingerprint density at radius 3 is 2.43 bits per heavy atom. The number of hydrogen-bond donors (Lipinski definition) is 3. The van der Waals surface area contributed by atoms with Gasteiger partial charge in [0.05, 0.1) is 21.7 Å². The Balaban J connectivity index is 1.77. The van der Waals surface area contributed by atoms with E-state index in [0.717, 1.165) is 4.88 Å². The fraction of sp³-hybridized carbons (Fsp3) is 0.273. The number of carbonyl (C=O) groups excluding carboxylic acids is 3. The van der Waals surface area contributed by atoms with E-state index in [0.29, 0.717) is 22.2 Å². The first kappa shape index (κ1) is 21.4. The number of nitrogens with one attached hydrogen (secondary N) is 3. The number of thiophene rings is 1. The van der Waals surface area contributed by atoms with Gasteiger partial charge in [0.1, 0.15) is 6.04 Å². The van der Waals surface area contributed by atoms with Gasteiger partial charge in [0, 0.05) is 10.8 Å². The molecule has 0 saturated heterocycles. The summed E-state index contributed by atoms with van der Waals surface area (Å²) in [6.45, 7) is 6.83. The standard InChI is InChI=1S/C22H24N4O3S/c1-13(23-21(29)22(2,3)4)19(27)25-26-20(28)15-12-17(18-10-7-11-30-18)24-16-9-6-5-8-14(15)16/h5-13H,1-4H3,(H,23,29)(H,25,27)(H,26,28)/t13-/m1/s1. The number of benzene rings is 1. The molecule has 0 spiro atoms. The minimum Gasteiger partial charge on any atom is -0.344 e. The van der Waals surface area contributed by atoms with Crippen LogP contribution in [0.1, 0.15) is 38.1 Å². The predicted molar refractivity (Wildman–Crippen MR) is 118 cm³/mol. The van der Waals surface area contributed by atoms with Crippen LogP contribution in [-0.4, -0.2) is 28.7 Å². The van der Waals surface area contributed by atoms with Crippen LogP contribution in [0.2, 0.25) is 0 Å². The van der Waals surface area contributed by atoms with Gasteiger partial charge in [0.15, 0.2) is 0 Å². The number of aromatic nitrogens is 1. The van der Waals surface area contributed by atoms with Gasteiger partial charge < -0.3 is 5.32 Å². The van der Waals surface area contributed by atoms with Gasteiger partial charge in [0.2, 0.25) is 5.91 Å². The maximum atomic E-state index is 12.9. The van der Waals surface area contributed by atoms with E-state index in [9.17, 15) is 14.4 Å². The lowest BCUT2D eigenvalue weighted by Gasteiger charge is -2.21. The lowest BCUT2D eigenvalue weighted by atomic mass is 9.95. The number of carbonyl (C=O) groups is 3. The van der Waals surface area contributed by atoms with Crippen LogP contribution in [-0.2, 0) is 9.59 Å². The number of hydrogen-bond acceptors (Lipinski definition) is 5. The average molecular weight is 425 g/mol. The van der Waals surface area contributed by atoms with E-state index in [1.165, 1.54) is 11.3 Å². The van der Waals surface area contributed by atoms with E-state index in [-0.39, 0.29) is 5.91 Å². The van der Waals surface area contributed by atoms with Crippen LogP contribution in [0.25, 0.3) is 21.5 Å². The third-order valence-electron chi connectivity index (χ3n) is 4.46. The van der Waals surface area contributed by atoms with Crippen molar-refractivity contribution in [3.05, 3.63) is 53.4 Å². The smallest absolute Gasteiger partial charge is 0.270 e. The molecular weight excluding hydrogens is 400 g/mol. The molecule has 0 fully saturated rings. The van der Waals surface area contributed by atoms with Crippen LogP contribution >= 0.6 is 11.3 Å². The Kier molecular flexibility index (Phi) is 6.17. The molecule has 30 heavy (non-hydrogen) atoms. The second-order valence-corrected chi connectivity index (χ2v) is 8.89. The maximum Gasteiger partial charge on any atom is 0.270 e. The van der Waals surface area contributed by atoms with Crippen molar-refractivity contribution < 1.29 is 14.4 Å². The molecule has 3 N–H and O–H groups in total. The number of para-hydroxylation sites is 1. The Morgan fingerprint density at radius 1 is 1.03 bits per heavy atom. The van der Waals surface area contributed by atoms with Gasteiger partial charge >= 0.3 is 0 Å². The average Bonchev–Trinajstić information content (AvgIpc) is 3.25. The van der Waals surface area contributed by atoms with Gasteiger partial charge in [-0.3, -0.25) is 25.2 Å². The molecular formula is C22H24N4O3S. The Bertz CT molecular complexity index is 1090. The van der Waals surface area contributed by atoms with Crippen molar-refractivity contribution in [1.82, 2.24) is 21.2 Å². The first-order valence-electron chi connectivity index (χ1n) is 9.51. The molecule has 7 nitrogen and oxygen atoms in total. The number of amides is 3. The van der Waals surface area contributed by atoms with E-state index in [2.05, 4.69) is 21.2 Å². The highest BCUT2D eigenvalue weighted by Gasteiger charge is 2.25. The molecule has 0 bridgehead atoms. The van der Waals surface area contributed by atoms with Gasteiger partial charge in [-0.1, -0.05) is 45.0 Å². The number of pyridine rings is 1. The highest BCUT2D eigenvalue weighted by Crippen LogP contribution is 2.27. The van der Waals surface area contributed by atoms with E-state index in [4.69, 9.17) is 0 Å². The molecule has 0 unspecified atom stereocenters. The minimum absolute atomic E-state index is 0.253. The summed E-state index contributed by atoms with van der Waals surface area (Å²) < 4.78 is 0. The molecule has 3 amide bonds. The second-order valence-electron chi connectivity index (χ2n) is 7.94. The van der Waals surface area contributed by atoms with Crippen molar-refractivity contribution in [2.24, 2.45) is 5.41 Å². The molecule has 3 aromatic rings. The molecule has 0 aliphatic carbocycles. The minimum atomic E-state index is -0.798. The monoisotopic (exact) mass is 424 g/mol. The highest BCUT2D eigenvalue weighted by molar-refractivity contribution is 7.13. The summed E-state index contributed by atoms with van der Waals surface area (Å²) in [5, 5.41) is 5.25. The fourth-order valence-corrected chi connectivity index (χ4v) is 3.37. The Morgan fingerprint density at radius 2 is 1.77 bits per heavy atom. The Hall–Kier alpha value is -3.26. The van der Waals surface area contributed by atoms with Gasteiger partial charge in [0.25, 0.3) is 11.8 Å². The topological polar surface area (TPSA) is 100 Å². The van der Waals surface area contributed by atoms with Crippen LogP contribution in [0, 0.1) is 5.41 Å². The van der Waals surface area contributed by atoms with Gasteiger partial charge in [-0.25, -0.2) is 4.98 Å². The zero-order valence-electron chi connectivity index (χ0n) is 17.3. The summed E-state index contributed by atoms with van der Waals surface area (Å²) >= 11 is 1.53. The first-order chi connectivity index (χ1) is 14.2. The van der Waals surface area contributed by atoms with Crippen LogP contribution in [0.5, 0.6) is 0 Å². The van der Waals surface area contributed by atoms with Gasteiger partial charge in [-0.15, -0.1) is 11.3 Å². The number of hydrazine groups is 1. The van der Waals surface area contributed by atoms with Crippen molar-refractivity contribution in [3.8, 4) is 10.6 Å². The van der Waals surface area contributed by atoms with Crippen LogP contribution < -0.4 is 16.2 Å². The SMILES string of the molecule is C[C@@H](NC(=O)C(C)(C)C)C(=O)NNC(=O)c1cc(-c2cccs2)nc2ccccc12.